The van der Waals surface area contributed by atoms with E-state index in [1.165, 1.54) is 19.2 Å². The zero-order chi connectivity index (χ0) is 12.7. The Morgan fingerprint density at radius 1 is 1.41 bits per heavy atom. The van der Waals surface area contributed by atoms with Gasteiger partial charge in [0.15, 0.2) is 11.6 Å². The maximum Gasteiger partial charge on any atom is 0.303 e. The molecule has 0 heterocycles. The first-order chi connectivity index (χ1) is 8.13. The van der Waals surface area contributed by atoms with E-state index in [0.717, 1.165) is 0 Å². The first-order valence-corrected chi connectivity index (χ1v) is 5.25. The van der Waals surface area contributed by atoms with E-state index in [1.54, 1.807) is 6.07 Å². The van der Waals surface area contributed by atoms with E-state index < -0.39 is 11.8 Å². The zero-order valence-electron chi connectivity index (χ0n) is 9.61. The fraction of sp³-hybridized carbons (Fsp3) is 0.417. The summed E-state index contributed by atoms with van der Waals surface area (Å²) in [7, 11) is 1.54. The lowest BCUT2D eigenvalue weighted by molar-refractivity contribution is -0.136. The Bertz CT molecular complexity index is 379. The van der Waals surface area contributed by atoms with Crippen LogP contribution < -0.4 is 4.74 Å². The average molecular weight is 242 g/mol. The van der Waals surface area contributed by atoms with Crippen molar-refractivity contribution in [1.82, 2.24) is 0 Å². The van der Waals surface area contributed by atoms with Gasteiger partial charge in [0.05, 0.1) is 6.61 Å². The molecule has 0 aliphatic heterocycles. The molecule has 1 rings (SSSR count). The molecule has 0 amide bonds. The molecule has 5 heteroatoms. The SMILES string of the molecule is COCCOc1ccc(CCC(=O)O)cc1F. The standard InChI is InChI=1S/C12H15FO4/c1-16-6-7-17-11-4-2-9(8-10(11)13)3-5-12(14)15/h2,4,8H,3,5-7H2,1H3,(H,14,15). The van der Waals surface area contributed by atoms with Crippen LogP contribution in [0.25, 0.3) is 0 Å². The molecular weight excluding hydrogens is 227 g/mol. The first kappa shape index (κ1) is 13.4. The van der Waals surface area contributed by atoms with Gasteiger partial charge in [0, 0.05) is 13.5 Å². The predicted molar refractivity (Wildman–Crippen MR) is 59.7 cm³/mol. The van der Waals surface area contributed by atoms with Crippen LogP contribution in [0.2, 0.25) is 0 Å². The summed E-state index contributed by atoms with van der Waals surface area (Å²) in [5, 5.41) is 8.51. The molecule has 0 saturated heterocycles. The second-order valence-corrected chi connectivity index (χ2v) is 3.50. The average Bonchev–Trinajstić information content (AvgIpc) is 2.29. The summed E-state index contributed by atoms with van der Waals surface area (Å²) in [4.78, 5) is 10.4. The zero-order valence-corrected chi connectivity index (χ0v) is 9.61. The second kappa shape index (κ2) is 6.85. The fourth-order valence-corrected chi connectivity index (χ4v) is 1.30. The van der Waals surface area contributed by atoms with Crippen molar-refractivity contribution in [2.24, 2.45) is 0 Å². The maximum atomic E-state index is 13.5. The van der Waals surface area contributed by atoms with Gasteiger partial charge in [0.1, 0.15) is 6.61 Å². The topological polar surface area (TPSA) is 55.8 Å². The number of hydrogen-bond donors (Lipinski definition) is 1. The number of aliphatic carboxylic acids is 1. The van der Waals surface area contributed by atoms with E-state index >= 15 is 0 Å². The Kier molecular flexibility index (Phi) is 5.42. The van der Waals surface area contributed by atoms with Gasteiger partial charge in [0.2, 0.25) is 0 Å². The molecule has 0 unspecified atom stereocenters. The summed E-state index contributed by atoms with van der Waals surface area (Å²) in [6.07, 6.45) is 0.300. The number of aryl methyl sites for hydroxylation is 1. The molecule has 0 spiro atoms. The third kappa shape index (κ3) is 4.82. The Balaban J connectivity index is 2.56. The number of carboxylic acids is 1. The highest BCUT2D eigenvalue weighted by Gasteiger charge is 2.06. The van der Waals surface area contributed by atoms with Gasteiger partial charge in [-0.05, 0) is 24.1 Å². The van der Waals surface area contributed by atoms with E-state index in [2.05, 4.69) is 0 Å². The molecule has 0 saturated carbocycles. The summed E-state index contributed by atoms with van der Waals surface area (Å²) in [6, 6.07) is 4.46. The summed E-state index contributed by atoms with van der Waals surface area (Å²) >= 11 is 0. The number of rotatable bonds is 7. The monoisotopic (exact) mass is 242 g/mol. The lowest BCUT2D eigenvalue weighted by atomic mass is 10.1. The smallest absolute Gasteiger partial charge is 0.303 e. The molecule has 0 radical (unpaired) electrons. The molecule has 4 nitrogen and oxygen atoms in total. The molecule has 1 aromatic carbocycles. The fourth-order valence-electron chi connectivity index (χ4n) is 1.30. The molecule has 0 aliphatic rings. The maximum absolute atomic E-state index is 13.5. The molecule has 0 aromatic heterocycles. The van der Waals surface area contributed by atoms with Crippen LogP contribution in [0.1, 0.15) is 12.0 Å². The number of methoxy groups -OCH3 is 1. The van der Waals surface area contributed by atoms with E-state index in [9.17, 15) is 9.18 Å². The molecule has 1 N–H and O–H groups in total. The van der Waals surface area contributed by atoms with Crippen LogP contribution in [0.3, 0.4) is 0 Å². The summed E-state index contributed by atoms with van der Waals surface area (Å²) in [5.41, 5.74) is 0.643. The van der Waals surface area contributed by atoms with Crippen LogP contribution in [-0.2, 0) is 16.0 Å². The third-order valence-electron chi connectivity index (χ3n) is 2.17. The molecule has 17 heavy (non-hydrogen) atoms. The minimum atomic E-state index is -0.897. The van der Waals surface area contributed by atoms with E-state index in [0.29, 0.717) is 18.6 Å². The minimum absolute atomic E-state index is 0.0106. The Labute approximate surface area is 99.0 Å². The molecule has 0 atom stereocenters. The largest absolute Gasteiger partial charge is 0.488 e. The summed E-state index contributed by atoms with van der Waals surface area (Å²) in [5.74, 6) is -1.23. The molecule has 94 valence electrons. The number of benzene rings is 1. The number of carbonyl (C=O) groups is 1. The number of carboxylic acid groups (broad SMARTS) is 1. The lowest BCUT2D eigenvalue weighted by Gasteiger charge is -2.07. The van der Waals surface area contributed by atoms with Crippen molar-refractivity contribution in [3.05, 3.63) is 29.6 Å². The second-order valence-electron chi connectivity index (χ2n) is 3.50. The van der Waals surface area contributed by atoms with Crippen molar-refractivity contribution < 1.29 is 23.8 Å². The number of hydrogen-bond acceptors (Lipinski definition) is 3. The van der Waals surface area contributed by atoms with Crippen LogP contribution >= 0.6 is 0 Å². The van der Waals surface area contributed by atoms with Crippen molar-refractivity contribution >= 4 is 5.97 Å². The van der Waals surface area contributed by atoms with Gasteiger partial charge in [-0.3, -0.25) is 4.79 Å². The van der Waals surface area contributed by atoms with Crippen molar-refractivity contribution in [2.45, 2.75) is 12.8 Å². The lowest BCUT2D eigenvalue weighted by Crippen LogP contribution is -2.05. The Hall–Kier alpha value is -1.62. The Morgan fingerprint density at radius 2 is 2.18 bits per heavy atom. The van der Waals surface area contributed by atoms with Crippen molar-refractivity contribution in [1.29, 1.82) is 0 Å². The minimum Gasteiger partial charge on any atom is -0.488 e. The van der Waals surface area contributed by atoms with Crippen LogP contribution in [0, 0.1) is 5.82 Å². The van der Waals surface area contributed by atoms with Crippen molar-refractivity contribution in [3.63, 3.8) is 0 Å². The number of halogens is 1. The van der Waals surface area contributed by atoms with Gasteiger partial charge in [0.25, 0.3) is 0 Å². The highest BCUT2D eigenvalue weighted by atomic mass is 19.1. The van der Waals surface area contributed by atoms with E-state index in [4.69, 9.17) is 14.6 Å². The molecular formula is C12H15FO4. The van der Waals surface area contributed by atoms with Gasteiger partial charge in [-0.1, -0.05) is 6.07 Å². The van der Waals surface area contributed by atoms with Crippen molar-refractivity contribution in [2.75, 3.05) is 20.3 Å². The van der Waals surface area contributed by atoms with E-state index in [1.807, 2.05) is 0 Å². The predicted octanol–water partition coefficient (Wildman–Crippen LogP) is 1.87. The molecule has 0 fully saturated rings. The highest BCUT2D eigenvalue weighted by molar-refractivity contribution is 5.67. The van der Waals surface area contributed by atoms with Gasteiger partial charge in [-0.15, -0.1) is 0 Å². The Morgan fingerprint density at radius 3 is 2.76 bits per heavy atom. The van der Waals surface area contributed by atoms with Gasteiger partial charge in [-0.25, -0.2) is 4.39 Å². The molecule has 1 aromatic rings. The first-order valence-electron chi connectivity index (χ1n) is 5.25. The number of ether oxygens (including phenoxy) is 2. The van der Waals surface area contributed by atoms with Gasteiger partial charge < -0.3 is 14.6 Å². The van der Waals surface area contributed by atoms with Crippen molar-refractivity contribution in [3.8, 4) is 5.75 Å². The van der Waals surface area contributed by atoms with Crippen LogP contribution in [-0.4, -0.2) is 31.4 Å². The van der Waals surface area contributed by atoms with Crippen LogP contribution in [0.4, 0.5) is 4.39 Å². The normalized spacial score (nSPS) is 10.2. The quantitative estimate of drug-likeness (QED) is 0.741. The third-order valence-corrected chi connectivity index (χ3v) is 2.17. The summed E-state index contributed by atoms with van der Waals surface area (Å²) < 4.78 is 23.4. The van der Waals surface area contributed by atoms with Crippen LogP contribution in [0.5, 0.6) is 5.75 Å². The highest BCUT2D eigenvalue weighted by Crippen LogP contribution is 2.19. The van der Waals surface area contributed by atoms with Crippen LogP contribution in [0.15, 0.2) is 18.2 Å². The van der Waals surface area contributed by atoms with Gasteiger partial charge >= 0.3 is 5.97 Å². The molecule has 0 bridgehead atoms. The molecule has 0 aliphatic carbocycles. The van der Waals surface area contributed by atoms with Gasteiger partial charge in [-0.2, -0.15) is 0 Å². The van der Waals surface area contributed by atoms with E-state index in [-0.39, 0.29) is 18.8 Å². The summed E-state index contributed by atoms with van der Waals surface area (Å²) in [6.45, 7) is 0.669.